The summed E-state index contributed by atoms with van der Waals surface area (Å²) in [4.78, 5) is 0. The van der Waals surface area contributed by atoms with Crippen molar-refractivity contribution >= 4 is 0 Å². The third-order valence-corrected chi connectivity index (χ3v) is 3.61. The van der Waals surface area contributed by atoms with E-state index in [1.165, 1.54) is 22.3 Å². The number of nitrogens with one attached hydrogen (secondary N) is 1. The fourth-order valence-electron chi connectivity index (χ4n) is 2.28. The fourth-order valence-corrected chi connectivity index (χ4v) is 2.28. The van der Waals surface area contributed by atoms with E-state index in [1.807, 2.05) is 6.07 Å². The van der Waals surface area contributed by atoms with E-state index in [-0.39, 0.29) is 0 Å². The molecule has 2 aromatic rings. The van der Waals surface area contributed by atoms with Crippen LogP contribution >= 0.6 is 0 Å². The minimum absolute atomic E-state index is 0.320. The van der Waals surface area contributed by atoms with Gasteiger partial charge in [-0.2, -0.15) is 0 Å². The molecule has 0 radical (unpaired) electrons. The van der Waals surface area contributed by atoms with Gasteiger partial charge in [-0.1, -0.05) is 47.5 Å². The van der Waals surface area contributed by atoms with Crippen LogP contribution in [-0.2, 0) is 6.54 Å². The summed E-state index contributed by atoms with van der Waals surface area (Å²) in [5.74, 6) is 0.944. The van der Waals surface area contributed by atoms with Gasteiger partial charge in [0.05, 0.1) is 7.11 Å². The Labute approximate surface area is 121 Å². The van der Waals surface area contributed by atoms with E-state index in [1.54, 1.807) is 7.11 Å². The summed E-state index contributed by atoms with van der Waals surface area (Å²) < 4.78 is 5.41. The highest BCUT2D eigenvalue weighted by molar-refractivity contribution is 5.37. The summed E-state index contributed by atoms with van der Waals surface area (Å²) >= 11 is 0. The normalized spacial score (nSPS) is 12.2. The topological polar surface area (TPSA) is 21.3 Å². The first-order chi connectivity index (χ1) is 9.60. The van der Waals surface area contributed by atoms with Crippen molar-refractivity contribution in [2.75, 3.05) is 7.11 Å². The molecule has 0 fully saturated rings. The lowest BCUT2D eigenvalue weighted by molar-refractivity contribution is 0.406. The number of hydrogen-bond acceptors (Lipinski definition) is 2. The monoisotopic (exact) mass is 269 g/mol. The first kappa shape index (κ1) is 14.6. The van der Waals surface area contributed by atoms with Gasteiger partial charge in [0.25, 0.3) is 0 Å². The first-order valence-electron chi connectivity index (χ1n) is 7.03. The Bertz CT molecular complexity index is 560. The van der Waals surface area contributed by atoms with Gasteiger partial charge in [-0.25, -0.2) is 0 Å². The second kappa shape index (κ2) is 6.58. The van der Waals surface area contributed by atoms with Crippen molar-refractivity contribution in [3.05, 3.63) is 64.7 Å². The van der Waals surface area contributed by atoms with Crippen LogP contribution in [0, 0.1) is 13.8 Å². The maximum atomic E-state index is 5.41. The van der Waals surface area contributed by atoms with Crippen molar-refractivity contribution in [1.29, 1.82) is 0 Å². The molecule has 0 unspecified atom stereocenters. The summed E-state index contributed by atoms with van der Waals surface area (Å²) in [5, 5.41) is 3.56. The molecule has 0 aliphatic heterocycles. The lowest BCUT2D eigenvalue weighted by Crippen LogP contribution is -2.18. The van der Waals surface area contributed by atoms with Gasteiger partial charge < -0.3 is 10.1 Å². The molecule has 1 atom stereocenters. The van der Waals surface area contributed by atoms with Gasteiger partial charge in [-0.3, -0.25) is 0 Å². The predicted octanol–water partition coefficient (Wildman–Crippen LogP) is 4.16. The van der Waals surface area contributed by atoms with Gasteiger partial charge in [0.15, 0.2) is 0 Å². The Morgan fingerprint density at radius 3 is 2.30 bits per heavy atom. The molecule has 0 spiro atoms. The summed E-state index contributed by atoms with van der Waals surface area (Å²) in [6, 6.07) is 15.3. The van der Waals surface area contributed by atoms with Crippen LogP contribution in [0.2, 0.25) is 0 Å². The minimum Gasteiger partial charge on any atom is -0.496 e. The SMILES string of the molecule is COc1ccc(C)cc1CN[C@@H](C)c1ccc(C)cc1. The molecule has 1 N–H and O–H groups in total. The summed E-state index contributed by atoms with van der Waals surface area (Å²) in [5.41, 5.74) is 5.06. The maximum Gasteiger partial charge on any atom is 0.123 e. The summed E-state index contributed by atoms with van der Waals surface area (Å²) in [7, 11) is 1.72. The van der Waals surface area contributed by atoms with E-state index in [9.17, 15) is 0 Å². The number of benzene rings is 2. The van der Waals surface area contributed by atoms with Gasteiger partial charge in [-0.05, 0) is 32.4 Å². The molecule has 20 heavy (non-hydrogen) atoms. The van der Waals surface area contributed by atoms with Crippen molar-refractivity contribution in [3.63, 3.8) is 0 Å². The van der Waals surface area contributed by atoms with Crippen LogP contribution in [0.1, 0.15) is 35.2 Å². The molecule has 0 saturated carbocycles. The number of hydrogen-bond donors (Lipinski definition) is 1. The lowest BCUT2D eigenvalue weighted by atomic mass is 10.1. The van der Waals surface area contributed by atoms with E-state index in [0.29, 0.717) is 6.04 Å². The summed E-state index contributed by atoms with van der Waals surface area (Å²) in [6.45, 7) is 7.21. The van der Waals surface area contributed by atoms with E-state index < -0.39 is 0 Å². The molecule has 106 valence electrons. The molecule has 0 aliphatic rings. The van der Waals surface area contributed by atoms with Gasteiger partial charge in [0, 0.05) is 18.2 Å². The van der Waals surface area contributed by atoms with E-state index in [0.717, 1.165) is 12.3 Å². The lowest BCUT2D eigenvalue weighted by Gasteiger charge is -2.16. The average Bonchev–Trinajstić information content (AvgIpc) is 2.45. The van der Waals surface area contributed by atoms with E-state index >= 15 is 0 Å². The van der Waals surface area contributed by atoms with Crippen LogP contribution in [0.25, 0.3) is 0 Å². The zero-order chi connectivity index (χ0) is 14.5. The molecule has 0 aliphatic carbocycles. The van der Waals surface area contributed by atoms with Gasteiger partial charge >= 0.3 is 0 Å². The van der Waals surface area contributed by atoms with E-state index in [2.05, 4.69) is 62.5 Å². The third kappa shape index (κ3) is 3.61. The molecule has 2 nitrogen and oxygen atoms in total. The Hall–Kier alpha value is -1.80. The van der Waals surface area contributed by atoms with Gasteiger partial charge in [-0.15, -0.1) is 0 Å². The Morgan fingerprint density at radius 1 is 1.00 bits per heavy atom. The third-order valence-electron chi connectivity index (χ3n) is 3.61. The van der Waals surface area contributed by atoms with Crippen molar-refractivity contribution in [2.24, 2.45) is 0 Å². The Morgan fingerprint density at radius 2 is 1.65 bits per heavy atom. The van der Waals surface area contributed by atoms with Crippen LogP contribution in [0.4, 0.5) is 0 Å². The Kier molecular flexibility index (Phi) is 4.80. The van der Waals surface area contributed by atoms with Gasteiger partial charge in [0.2, 0.25) is 0 Å². The number of aryl methyl sites for hydroxylation is 2. The van der Waals surface area contributed by atoms with Crippen molar-refractivity contribution in [3.8, 4) is 5.75 Å². The van der Waals surface area contributed by atoms with Crippen molar-refractivity contribution in [2.45, 2.75) is 33.4 Å². The largest absolute Gasteiger partial charge is 0.496 e. The Balaban J connectivity index is 2.04. The van der Waals surface area contributed by atoms with E-state index in [4.69, 9.17) is 4.74 Å². The zero-order valence-corrected chi connectivity index (χ0v) is 12.7. The van der Waals surface area contributed by atoms with Crippen LogP contribution in [0.3, 0.4) is 0 Å². The molecule has 0 saturated heterocycles. The second-order valence-corrected chi connectivity index (χ2v) is 5.33. The number of rotatable bonds is 5. The smallest absolute Gasteiger partial charge is 0.123 e. The highest BCUT2D eigenvalue weighted by Crippen LogP contribution is 2.21. The molecular weight excluding hydrogens is 246 g/mol. The highest BCUT2D eigenvalue weighted by Gasteiger charge is 2.07. The van der Waals surface area contributed by atoms with Crippen LogP contribution in [0.15, 0.2) is 42.5 Å². The predicted molar refractivity (Wildman–Crippen MR) is 84.2 cm³/mol. The van der Waals surface area contributed by atoms with Crippen LogP contribution < -0.4 is 10.1 Å². The maximum absolute atomic E-state index is 5.41. The molecule has 2 aromatic carbocycles. The quantitative estimate of drug-likeness (QED) is 0.880. The molecule has 0 bridgehead atoms. The fraction of sp³-hybridized carbons (Fsp3) is 0.333. The standard InChI is InChI=1S/C18H23NO/c1-13-5-8-16(9-6-13)15(3)19-12-17-11-14(2)7-10-18(17)20-4/h5-11,15,19H,12H2,1-4H3/t15-/m0/s1. The molecule has 0 amide bonds. The molecule has 0 heterocycles. The van der Waals surface area contributed by atoms with Crippen molar-refractivity contribution in [1.82, 2.24) is 5.32 Å². The van der Waals surface area contributed by atoms with Crippen LogP contribution in [-0.4, -0.2) is 7.11 Å². The molecule has 2 rings (SSSR count). The number of ether oxygens (including phenoxy) is 1. The minimum atomic E-state index is 0.320. The molecular formula is C18H23NO. The zero-order valence-electron chi connectivity index (χ0n) is 12.7. The van der Waals surface area contributed by atoms with Gasteiger partial charge in [0.1, 0.15) is 5.75 Å². The van der Waals surface area contributed by atoms with Crippen LogP contribution in [0.5, 0.6) is 5.75 Å². The second-order valence-electron chi connectivity index (χ2n) is 5.33. The summed E-state index contributed by atoms with van der Waals surface area (Å²) in [6.07, 6.45) is 0. The first-order valence-corrected chi connectivity index (χ1v) is 7.03. The molecule has 0 aromatic heterocycles. The molecule has 2 heteroatoms. The average molecular weight is 269 g/mol. The van der Waals surface area contributed by atoms with Crippen molar-refractivity contribution < 1.29 is 4.74 Å². The highest BCUT2D eigenvalue weighted by atomic mass is 16.5. The number of methoxy groups -OCH3 is 1.